The van der Waals surface area contributed by atoms with Crippen molar-refractivity contribution in [1.29, 1.82) is 0 Å². The Morgan fingerprint density at radius 3 is 2.68 bits per heavy atom. The first-order valence-electron chi connectivity index (χ1n) is 7.72. The quantitative estimate of drug-likeness (QED) is 0.777. The Morgan fingerprint density at radius 2 is 2.00 bits per heavy atom. The highest BCUT2D eigenvalue weighted by Gasteiger charge is 2.36. The summed E-state index contributed by atoms with van der Waals surface area (Å²) in [6.45, 7) is 6.45. The molecule has 1 saturated carbocycles. The van der Waals surface area contributed by atoms with Crippen LogP contribution in [-0.4, -0.2) is 37.9 Å². The Bertz CT molecular complexity index is 287. The second kappa shape index (κ2) is 7.25. The van der Waals surface area contributed by atoms with Gasteiger partial charge in [0, 0.05) is 6.04 Å². The van der Waals surface area contributed by atoms with Gasteiger partial charge < -0.3 is 14.8 Å². The van der Waals surface area contributed by atoms with Crippen LogP contribution in [0.1, 0.15) is 46.0 Å². The second-order valence-corrected chi connectivity index (χ2v) is 6.02. The molecule has 0 bridgehead atoms. The van der Waals surface area contributed by atoms with E-state index < -0.39 is 0 Å². The number of carbonyl (C=O) groups is 1. The van der Waals surface area contributed by atoms with Crippen LogP contribution in [0.2, 0.25) is 0 Å². The van der Waals surface area contributed by atoms with Gasteiger partial charge in [0.2, 0.25) is 0 Å². The van der Waals surface area contributed by atoms with Gasteiger partial charge in [0.25, 0.3) is 0 Å². The highest BCUT2D eigenvalue weighted by atomic mass is 16.5. The minimum absolute atomic E-state index is 0.0642. The molecule has 2 atom stereocenters. The first-order valence-corrected chi connectivity index (χ1v) is 7.72. The highest BCUT2D eigenvalue weighted by molar-refractivity contribution is 5.74. The predicted molar refractivity (Wildman–Crippen MR) is 73.9 cm³/mol. The molecule has 0 spiro atoms. The van der Waals surface area contributed by atoms with Gasteiger partial charge in [-0.2, -0.15) is 0 Å². The summed E-state index contributed by atoms with van der Waals surface area (Å²) in [6, 6.07) is 0.134. The van der Waals surface area contributed by atoms with Crippen LogP contribution in [0.3, 0.4) is 0 Å². The summed E-state index contributed by atoms with van der Waals surface area (Å²) in [5.41, 5.74) is 0. The first kappa shape index (κ1) is 14.8. The van der Waals surface area contributed by atoms with Crippen LogP contribution in [-0.2, 0) is 14.3 Å². The molecule has 1 saturated heterocycles. The SMILES string of the molecule is CCCNC1COCC1C(=O)OC1CCC(C)CC1. The fourth-order valence-corrected chi connectivity index (χ4v) is 2.92. The van der Waals surface area contributed by atoms with Gasteiger partial charge in [-0.15, -0.1) is 0 Å². The lowest BCUT2D eigenvalue weighted by Gasteiger charge is -2.27. The third-order valence-electron chi connectivity index (χ3n) is 4.29. The summed E-state index contributed by atoms with van der Waals surface area (Å²) in [5.74, 6) is 0.597. The van der Waals surface area contributed by atoms with Crippen molar-refractivity contribution in [3.63, 3.8) is 0 Å². The van der Waals surface area contributed by atoms with E-state index in [-0.39, 0.29) is 24.0 Å². The molecule has 1 heterocycles. The lowest BCUT2D eigenvalue weighted by Crippen LogP contribution is -2.41. The summed E-state index contributed by atoms with van der Waals surface area (Å²) in [7, 11) is 0. The zero-order chi connectivity index (χ0) is 13.7. The van der Waals surface area contributed by atoms with Crippen molar-refractivity contribution in [3.8, 4) is 0 Å². The summed E-state index contributed by atoms with van der Waals surface area (Å²) in [4.78, 5) is 12.2. The maximum Gasteiger partial charge on any atom is 0.313 e. The number of carbonyl (C=O) groups excluding carboxylic acids is 1. The fraction of sp³-hybridized carbons (Fsp3) is 0.933. The van der Waals surface area contributed by atoms with Crippen LogP contribution in [0.15, 0.2) is 0 Å². The standard InChI is InChI=1S/C15H27NO3/c1-3-8-16-14-10-18-9-13(14)15(17)19-12-6-4-11(2)5-7-12/h11-14,16H,3-10H2,1-2H3. The van der Waals surface area contributed by atoms with Gasteiger partial charge >= 0.3 is 5.97 Å². The number of esters is 1. The molecule has 2 aliphatic rings. The molecule has 0 aromatic carbocycles. The molecule has 4 nitrogen and oxygen atoms in total. The molecule has 2 unspecified atom stereocenters. The molecule has 0 aromatic rings. The zero-order valence-electron chi connectivity index (χ0n) is 12.2. The summed E-state index contributed by atoms with van der Waals surface area (Å²) < 4.78 is 11.1. The molecule has 2 fully saturated rings. The monoisotopic (exact) mass is 269 g/mol. The van der Waals surface area contributed by atoms with Gasteiger partial charge in [-0.1, -0.05) is 13.8 Å². The fourth-order valence-electron chi connectivity index (χ4n) is 2.92. The van der Waals surface area contributed by atoms with Crippen molar-refractivity contribution in [1.82, 2.24) is 5.32 Å². The maximum absolute atomic E-state index is 12.2. The molecule has 0 aromatic heterocycles. The van der Waals surface area contributed by atoms with Crippen LogP contribution < -0.4 is 5.32 Å². The van der Waals surface area contributed by atoms with Crippen LogP contribution in [0.25, 0.3) is 0 Å². The largest absolute Gasteiger partial charge is 0.462 e. The van der Waals surface area contributed by atoms with Gasteiger partial charge in [0.05, 0.1) is 19.1 Å². The third kappa shape index (κ3) is 4.18. The van der Waals surface area contributed by atoms with Crippen molar-refractivity contribution < 1.29 is 14.3 Å². The Kier molecular flexibility index (Phi) is 5.64. The molecular formula is C15H27NO3. The Morgan fingerprint density at radius 1 is 1.26 bits per heavy atom. The predicted octanol–water partition coefficient (Wildman–Crippen LogP) is 2.12. The zero-order valence-corrected chi connectivity index (χ0v) is 12.2. The van der Waals surface area contributed by atoms with E-state index in [0.29, 0.717) is 13.2 Å². The van der Waals surface area contributed by atoms with Crippen molar-refractivity contribution in [2.24, 2.45) is 11.8 Å². The number of rotatable bonds is 5. The van der Waals surface area contributed by atoms with Gasteiger partial charge in [-0.3, -0.25) is 4.79 Å². The van der Waals surface area contributed by atoms with Gasteiger partial charge in [0.15, 0.2) is 0 Å². The Labute approximate surface area is 116 Å². The van der Waals surface area contributed by atoms with E-state index in [9.17, 15) is 4.79 Å². The first-order chi connectivity index (χ1) is 9.20. The minimum Gasteiger partial charge on any atom is -0.462 e. The number of nitrogens with one attached hydrogen (secondary N) is 1. The molecule has 110 valence electrons. The highest BCUT2D eigenvalue weighted by Crippen LogP contribution is 2.27. The van der Waals surface area contributed by atoms with E-state index in [2.05, 4.69) is 19.2 Å². The molecule has 0 radical (unpaired) electrons. The summed E-state index contributed by atoms with van der Waals surface area (Å²) >= 11 is 0. The maximum atomic E-state index is 12.2. The van der Waals surface area contributed by atoms with Crippen LogP contribution in [0.5, 0.6) is 0 Å². The van der Waals surface area contributed by atoms with E-state index >= 15 is 0 Å². The van der Waals surface area contributed by atoms with E-state index in [0.717, 1.165) is 31.7 Å². The summed E-state index contributed by atoms with van der Waals surface area (Å²) in [5, 5.41) is 3.38. The number of ether oxygens (including phenoxy) is 2. The third-order valence-corrected chi connectivity index (χ3v) is 4.29. The van der Waals surface area contributed by atoms with Crippen molar-refractivity contribution in [3.05, 3.63) is 0 Å². The second-order valence-electron chi connectivity index (χ2n) is 6.02. The smallest absolute Gasteiger partial charge is 0.313 e. The van der Waals surface area contributed by atoms with Crippen molar-refractivity contribution in [2.75, 3.05) is 19.8 Å². The van der Waals surface area contributed by atoms with Crippen LogP contribution in [0, 0.1) is 11.8 Å². The van der Waals surface area contributed by atoms with Crippen molar-refractivity contribution in [2.45, 2.75) is 58.1 Å². The van der Waals surface area contributed by atoms with E-state index in [1.54, 1.807) is 0 Å². The molecule has 1 N–H and O–H groups in total. The van der Waals surface area contributed by atoms with E-state index in [4.69, 9.17) is 9.47 Å². The normalized spacial score (nSPS) is 35.3. The number of hydrogen-bond donors (Lipinski definition) is 1. The molecule has 19 heavy (non-hydrogen) atoms. The minimum atomic E-state index is -0.120. The van der Waals surface area contributed by atoms with Gasteiger partial charge in [-0.05, 0) is 44.6 Å². The van der Waals surface area contributed by atoms with E-state index in [1.165, 1.54) is 12.8 Å². The molecule has 0 amide bonds. The lowest BCUT2D eigenvalue weighted by molar-refractivity contribution is -0.156. The lowest BCUT2D eigenvalue weighted by atomic mass is 9.89. The summed E-state index contributed by atoms with van der Waals surface area (Å²) in [6.07, 6.45) is 5.60. The number of hydrogen-bond acceptors (Lipinski definition) is 4. The average Bonchev–Trinajstić information content (AvgIpc) is 2.87. The van der Waals surface area contributed by atoms with Gasteiger partial charge in [0.1, 0.15) is 6.10 Å². The van der Waals surface area contributed by atoms with Crippen molar-refractivity contribution >= 4 is 5.97 Å². The average molecular weight is 269 g/mol. The molecule has 4 heteroatoms. The van der Waals surface area contributed by atoms with Gasteiger partial charge in [-0.25, -0.2) is 0 Å². The molecular weight excluding hydrogens is 242 g/mol. The Hall–Kier alpha value is -0.610. The van der Waals surface area contributed by atoms with Crippen LogP contribution >= 0.6 is 0 Å². The topological polar surface area (TPSA) is 47.6 Å². The Balaban J connectivity index is 1.78. The van der Waals surface area contributed by atoms with Crippen LogP contribution in [0.4, 0.5) is 0 Å². The molecule has 1 aliphatic carbocycles. The molecule has 1 aliphatic heterocycles. The molecule has 2 rings (SSSR count). The van der Waals surface area contributed by atoms with E-state index in [1.807, 2.05) is 0 Å².